The van der Waals surface area contributed by atoms with Crippen LogP contribution in [0, 0.1) is 17.8 Å². The third kappa shape index (κ3) is 9.99. The molecule has 10 heteroatoms. The second-order valence-corrected chi connectivity index (χ2v) is 12.6. The molecule has 4 N–H and O–H groups in total. The monoisotopic (exact) mass is 553 g/mol. The Balaban J connectivity index is 1.42. The standard InChI is InChI=1S/C29H51N3O7/c1-18(2)26(34)30-21-8-10-37-24(14-21)12-20(4)28(36)32-29(5)9-11-38-25(15-29)13-19(3)27(35)31-22-6-7-23(16-33)39-17-22/h18-25,33H,6-17H2,1-5H3,(H,30,34)(H,31,35)(H,32,36). The average Bonchev–Trinajstić information content (AvgIpc) is 2.89. The van der Waals surface area contributed by atoms with Crippen LogP contribution in [0.2, 0.25) is 0 Å². The molecular formula is C29H51N3O7. The van der Waals surface area contributed by atoms with Crippen LogP contribution in [0.5, 0.6) is 0 Å². The Morgan fingerprint density at radius 3 is 2.15 bits per heavy atom. The van der Waals surface area contributed by atoms with Gasteiger partial charge >= 0.3 is 0 Å². The first-order valence-electron chi connectivity index (χ1n) is 14.9. The topological polar surface area (TPSA) is 135 Å². The highest BCUT2D eigenvalue weighted by Crippen LogP contribution is 2.29. The van der Waals surface area contributed by atoms with Crippen LogP contribution in [0.3, 0.4) is 0 Å². The van der Waals surface area contributed by atoms with Crippen molar-refractivity contribution >= 4 is 17.7 Å². The summed E-state index contributed by atoms with van der Waals surface area (Å²) in [5, 5.41) is 18.7. The Labute approximate surface area is 233 Å². The van der Waals surface area contributed by atoms with Crippen molar-refractivity contribution in [2.45, 2.75) is 122 Å². The molecule has 0 saturated carbocycles. The van der Waals surface area contributed by atoms with Gasteiger partial charge in [0.2, 0.25) is 17.7 Å². The molecule has 3 saturated heterocycles. The quantitative estimate of drug-likeness (QED) is 0.308. The van der Waals surface area contributed by atoms with Gasteiger partial charge in [-0.1, -0.05) is 27.7 Å². The molecular weight excluding hydrogens is 502 g/mol. The third-order valence-corrected chi connectivity index (χ3v) is 8.40. The first-order valence-corrected chi connectivity index (χ1v) is 14.9. The number of ether oxygens (including phenoxy) is 3. The highest BCUT2D eigenvalue weighted by molar-refractivity contribution is 5.79. The maximum absolute atomic E-state index is 13.2. The van der Waals surface area contributed by atoms with Crippen LogP contribution in [0.25, 0.3) is 0 Å². The molecule has 0 aromatic carbocycles. The molecule has 8 unspecified atom stereocenters. The summed E-state index contributed by atoms with van der Waals surface area (Å²) >= 11 is 0. The molecule has 0 aromatic rings. The lowest BCUT2D eigenvalue weighted by atomic mass is 9.84. The third-order valence-electron chi connectivity index (χ3n) is 8.40. The SMILES string of the molecule is CC(C)C(=O)NC1CCOC(CC(C)C(=O)NC2(C)CCOC(CC(C)C(=O)NC3CCC(CO)OC3)C2)C1. The van der Waals surface area contributed by atoms with E-state index in [1.54, 1.807) is 0 Å². The van der Waals surface area contributed by atoms with Gasteiger partial charge in [0.05, 0.1) is 37.6 Å². The summed E-state index contributed by atoms with van der Waals surface area (Å²) in [7, 11) is 0. The predicted molar refractivity (Wildman–Crippen MR) is 147 cm³/mol. The van der Waals surface area contributed by atoms with Crippen LogP contribution in [0.15, 0.2) is 0 Å². The van der Waals surface area contributed by atoms with Crippen molar-refractivity contribution in [2.75, 3.05) is 26.4 Å². The predicted octanol–water partition coefficient (Wildman–Crippen LogP) is 2.07. The van der Waals surface area contributed by atoms with Gasteiger partial charge in [-0.3, -0.25) is 14.4 Å². The van der Waals surface area contributed by atoms with Gasteiger partial charge < -0.3 is 35.3 Å². The number of aliphatic hydroxyl groups excluding tert-OH is 1. The fraction of sp³-hybridized carbons (Fsp3) is 0.897. The van der Waals surface area contributed by atoms with Crippen molar-refractivity contribution < 1.29 is 33.7 Å². The van der Waals surface area contributed by atoms with E-state index in [0.717, 1.165) is 32.1 Å². The van der Waals surface area contributed by atoms with E-state index in [2.05, 4.69) is 22.9 Å². The van der Waals surface area contributed by atoms with Gasteiger partial charge in [0.15, 0.2) is 0 Å². The van der Waals surface area contributed by atoms with Gasteiger partial charge in [-0.25, -0.2) is 0 Å². The number of rotatable bonds is 11. The Hall–Kier alpha value is -1.75. The summed E-state index contributed by atoms with van der Waals surface area (Å²) in [6.45, 7) is 11.2. The summed E-state index contributed by atoms with van der Waals surface area (Å²) in [6, 6.07) is 0.0564. The molecule has 0 aliphatic carbocycles. The van der Waals surface area contributed by atoms with Crippen LogP contribution >= 0.6 is 0 Å². The van der Waals surface area contributed by atoms with Crippen molar-refractivity contribution in [1.82, 2.24) is 16.0 Å². The van der Waals surface area contributed by atoms with Crippen LogP contribution < -0.4 is 16.0 Å². The second kappa shape index (κ2) is 14.8. The zero-order chi connectivity index (χ0) is 28.6. The number of aliphatic hydroxyl groups is 1. The van der Waals surface area contributed by atoms with E-state index in [1.165, 1.54) is 0 Å². The lowest BCUT2D eigenvalue weighted by Gasteiger charge is -2.40. The number of amides is 3. The van der Waals surface area contributed by atoms with Gasteiger partial charge in [0.1, 0.15) is 0 Å². The normalized spacial score (nSPS) is 33.2. The van der Waals surface area contributed by atoms with Crippen LogP contribution in [0.1, 0.15) is 86.0 Å². The summed E-state index contributed by atoms with van der Waals surface area (Å²) in [6.07, 6.45) is 5.30. The summed E-state index contributed by atoms with van der Waals surface area (Å²) in [4.78, 5) is 38.1. The minimum atomic E-state index is -0.401. The molecule has 3 heterocycles. The van der Waals surface area contributed by atoms with Crippen molar-refractivity contribution in [3.8, 4) is 0 Å². The van der Waals surface area contributed by atoms with E-state index in [9.17, 15) is 19.5 Å². The molecule has 3 amide bonds. The van der Waals surface area contributed by atoms with E-state index >= 15 is 0 Å². The lowest BCUT2D eigenvalue weighted by Crippen LogP contribution is -2.54. The van der Waals surface area contributed by atoms with E-state index in [-0.39, 0.29) is 72.5 Å². The molecule has 0 aromatic heterocycles. The molecule has 10 nitrogen and oxygen atoms in total. The van der Waals surface area contributed by atoms with Crippen molar-refractivity contribution in [2.24, 2.45) is 17.8 Å². The fourth-order valence-corrected chi connectivity index (χ4v) is 5.75. The zero-order valence-corrected chi connectivity index (χ0v) is 24.5. The highest BCUT2D eigenvalue weighted by atomic mass is 16.5. The maximum Gasteiger partial charge on any atom is 0.223 e. The smallest absolute Gasteiger partial charge is 0.223 e. The number of nitrogens with one attached hydrogen (secondary N) is 3. The molecule has 0 spiro atoms. The van der Waals surface area contributed by atoms with E-state index in [4.69, 9.17) is 14.2 Å². The Bertz CT molecular complexity index is 817. The Morgan fingerprint density at radius 2 is 1.49 bits per heavy atom. The molecule has 3 rings (SSSR count). The van der Waals surface area contributed by atoms with Gasteiger partial charge in [-0.15, -0.1) is 0 Å². The number of hydrogen-bond acceptors (Lipinski definition) is 7. The molecule has 3 aliphatic heterocycles. The van der Waals surface area contributed by atoms with E-state index in [0.29, 0.717) is 39.1 Å². The zero-order valence-electron chi connectivity index (χ0n) is 24.5. The van der Waals surface area contributed by atoms with Gasteiger partial charge in [0, 0.05) is 42.5 Å². The second-order valence-electron chi connectivity index (χ2n) is 12.6. The largest absolute Gasteiger partial charge is 0.394 e. The molecule has 224 valence electrons. The van der Waals surface area contributed by atoms with Gasteiger partial charge in [0.25, 0.3) is 0 Å². The summed E-state index contributed by atoms with van der Waals surface area (Å²) < 4.78 is 17.5. The molecule has 39 heavy (non-hydrogen) atoms. The Kier molecular flexibility index (Phi) is 12.0. The van der Waals surface area contributed by atoms with Gasteiger partial charge in [-0.05, 0) is 58.3 Å². The average molecular weight is 554 g/mol. The molecule has 0 bridgehead atoms. The van der Waals surface area contributed by atoms with E-state index < -0.39 is 5.54 Å². The summed E-state index contributed by atoms with van der Waals surface area (Å²) in [5.41, 5.74) is -0.401. The first kappa shape index (κ1) is 31.8. The van der Waals surface area contributed by atoms with Crippen molar-refractivity contribution in [3.05, 3.63) is 0 Å². The molecule has 0 radical (unpaired) electrons. The minimum Gasteiger partial charge on any atom is -0.394 e. The van der Waals surface area contributed by atoms with Crippen molar-refractivity contribution in [3.63, 3.8) is 0 Å². The fourth-order valence-electron chi connectivity index (χ4n) is 5.75. The van der Waals surface area contributed by atoms with Crippen LogP contribution in [0.4, 0.5) is 0 Å². The molecule has 3 aliphatic rings. The number of carbonyl (C=O) groups is 3. The lowest BCUT2D eigenvalue weighted by molar-refractivity contribution is -0.133. The van der Waals surface area contributed by atoms with E-state index in [1.807, 2.05) is 27.7 Å². The Morgan fingerprint density at radius 1 is 0.821 bits per heavy atom. The first-order chi connectivity index (χ1) is 18.5. The number of hydrogen-bond donors (Lipinski definition) is 4. The van der Waals surface area contributed by atoms with Crippen molar-refractivity contribution in [1.29, 1.82) is 0 Å². The molecule has 8 atom stereocenters. The van der Waals surface area contributed by atoms with Crippen LogP contribution in [-0.4, -0.2) is 85.2 Å². The van der Waals surface area contributed by atoms with Crippen LogP contribution in [-0.2, 0) is 28.6 Å². The molecule has 3 fully saturated rings. The minimum absolute atomic E-state index is 0.000590. The maximum atomic E-state index is 13.2. The highest BCUT2D eigenvalue weighted by Gasteiger charge is 2.37. The number of carbonyl (C=O) groups excluding carboxylic acids is 3. The van der Waals surface area contributed by atoms with Gasteiger partial charge in [-0.2, -0.15) is 0 Å². The summed E-state index contributed by atoms with van der Waals surface area (Å²) in [5.74, 6) is -0.464.